The van der Waals surface area contributed by atoms with Gasteiger partial charge in [0.2, 0.25) is 0 Å². The first kappa shape index (κ1) is 30.8. The molecule has 6 bridgehead atoms. The monoisotopic (exact) mass is 687 g/mol. The number of rotatable bonds is 7. The molecule has 4 fully saturated rings. The van der Waals surface area contributed by atoms with Crippen molar-refractivity contribution in [2.24, 2.45) is 23.2 Å². The minimum Gasteiger partial charge on any atom is -0.744 e. The zero-order valence-electron chi connectivity index (χ0n) is 26.7. The second kappa shape index (κ2) is 10.6. The first-order valence-electron chi connectivity index (χ1n) is 17.3. The van der Waals surface area contributed by atoms with Crippen LogP contribution >= 0.6 is 0 Å². The Bertz CT molecular complexity index is 2010. The number of benzene rings is 3. The van der Waals surface area contributed by atoms with Gasteiger partial charge in [0.15, 0.2) is 0 Å². The maximum atomic E-state index is 14.4. The van der Waals surface area contributed by atoms with E-state index in [9.17, 15) is 26.2 Å². The first-order valence-corrected chi connectivity index (χ1v) is 20.2. The molecule has 0 heterocycles. The molecule has 0 spiro atoms. The summed E-state index contributed by atoms with van der Waals surface area (Å²) in [6.45, 7) is 0.207. The van der Waals surface area contributed by atoms with Crippen LogP contribution in [0.3, 0.4) is 0 Å². The van der Waals surface area contributed by atoms with Crippen molar-refractivity contribution in [3.63, 3.8) is 0 Å². The van der Waals surface area contributed by atoms with Crippen molar-refractivity contribution in [1.29, 1.82) is 0 Å². The number of ether oxygens (including phenoxy) is 1. The molecule has 11 rings (SSSR count). The third kappa shape index (κ3) is 4.65. The van der Waals surface area contributed by atoms with E-state index >= 15 is 0 Å². The van der Waals surface area contributed by atoms with Crippen LogP contribution in [-0.2, 0) is 42.6 Å². The summed E-state index contributed by atoms with van der Waals surface area (Å²) in [5, 5.41) is 0. The molecule has 0 radical (unpaired) electrons. The summed E-state index contributed by atoms with van der Waals surface area (Å²) in [4.78, 5) is 13.7. The van der Waals surface area contributed by atoms with Crippen molar-refractivity contribution >= 4 is 26.2 Å². The van der Waals surface area contributed by atoms with E-state index < -0.39 is 30.4 Å². The second-order valence-corrected chi connectivity index (χ2v) is 18.9. The lowest BCUT2D eigenvalue weighted by Gasteiger charge is -2.60. The molecule has 0 saturated heterocycles. The smallest absolute Gasteiger partial charge is 0.315 e. The molecule has 3 aromatic rings. The Morgan fingerprint density at radius 2 is 1.38 bits per heavy atom. The van der Waals surface area contributed by atoms with E-state index in [0.29, 0.717) is 49.7 Å². The Morgan fingerprint density at radius 3 is 2.00 bits per heavy atom. The molecule has 4 saturated carbocycles. The predicted octanol–water partition coefficient (Wildman–Crippen LogP) is 6.36. The van der Waals surface area contributed by atoms with Crippen LogP contribution in [0.2, 0.25) is 0 Å². The van der Waals surface area contributed by atoms with Gasteiger partial charge in [0, 0.05) is 22.8 Å². The fourth-order valence-corrected chi connectivity index (χ4v) is 14.0. The quantitative estimate of drug-likeness (QED) is 0.160. The summed E-state index contributed by atoms with van der Waals surface area (Å²) in [6.07, 6.45) is 7.08. The molecule has 0 aliphatic heterocycles. The molecule has 8 aliphatic carbocycles. The van der Waals surface area contributed by atoms with E-state index in [1.54, 1.807) is 0 Å². The van der Waals surface area contributed by atoms with Gasteiger partial charge in [-0.1, -0.05) is 48.5 Å². The van der Waals surface area contributed by atoms with Crippen LogP contribution in [0.25, 0.3) is 0 Å². The molecule has 10 heteroatoms. The molecule has 3 unspecified atom stereocenters. The highest BCUT2D eigenvalue weighted by atomic mass is 32.2. The van der Waals surface area contributed by atoms with Gasteiger partial charge in [-0.2, -0.15) is 8.42 Å². The average molecular weight is 688 g/mol. The van der Waals surface area contributed by atoms with Crippen LogP contribution in [0.15, 0.2) is 65.6 Å². The maximum absolute atomic E-state index is 14.4. The summed E-state index contributed by atoms with van der Waals surface area (Å²) in [5.41, 5.74) is 5.47. The van der Waals surface area contributed by atoms with Gasteiger partial charge in [-0.3, -0.25) is 4.79 Å². The molecule has 0 N–H and O–H groups in total. The topological polar surface area (TPSA) is 127 Å². The van der Waals surface area contributed by atoms with E-state index in [1.165, 1.54) is 34.4 Å². The molecule has 8 nitrogen and oxygen atoms in total. The summed E-state index contributed by atoms with van der Waals surface area (Å²) in [7, 11) is -8.85. The van der Waals surface area contributed by atoms with Crippen LogP contribution in [-0.4, -0.2) is 38.7 Å². The van der Waals surface area contributed by atoms with Crippen molar-refractivity contribution in [3.8, 4) is 5.75 Å². The zero-order chi connectivity index (χ0) is 33.1. The van der Waals surface area contributed by atoms with Gasteiger partial charge >= 0.3 is 16.1 Å². The SMILES string of the molecule is O=C(OCC12CC3CC(C1)CC(S(=O)(=O)Oc1ccc(S(=O)(=O)[O-])c4c1CCCC4)(C3)C2)C1CC2c3ccccc3C1c1ccccc12. The van der Waals surface area contributed by atoms with Crippen molar-refractivity contribution in [2.45, 2.75) is 92.1 Å². The number of hydrogen-bond donors (Lipinski definition) is 0. The molecule has 3 aromatic carbocycles. The summed E-state index contributed by atoms with van der Waals surface area (Å²) < 4.78 is 75.8. The fourth-order valence-electron chi connectivity index (χ4n) is 11.3. The summed E-state index contributed by atoms with van der Waals surface area (Å²) in [5.74, 6) is 0.157. The van der Waals surface area contributed by atoms with Gasteiger partial charge in [-0.25, -0.2) is 8.42 Å². The number of hydrogen-bond acceptors (Lipinski definition) is 8. The molecule has 48 heavy (non-hydrogen) atoms. The van der Waals surface area contributed by atoms with E-state index in [0.717, 1.165) is 32.1 Å². The minimum absolute atomic E-state index is 0.0553. The van der Waals surface area contributed by atoms with E-state index in [-0.39, 0.29) is 52.8 Å². The van der Waals surface area contributed by atoms with Crippen molar-refractivity contribution in [1.82, 2.24) is 0 Å². The maximum Gasteiger partial charge on any atom is 0.315 e. The lowest BCUT2D eigenvalue weighted by molar-refractivity contribution is -0.160. The third-order valence-electron chi connectivity index (χ3n) is 12.7. The Balaban J connectivity index is 0.977. The van der Waals surface area contributed by atoms with Gasteiger partial charge in [-0.15, -0.1) is 0 Å². The first-order chi connectivity index (χ1) is 23.0. The van der Waals surface area contributed by atoms with Gasteiger partial charge < -0.3 is 13.5 Å². The highest BCUT2D eigenvalue weighted by Crippen LogP contribution is 2.64. The van der Waals surface area contributed by atoms with Crippen LogP contribution in [0.5, 0.6) is 5.75 Å². The van der Waals surface area contributed by atoms with E-state index in [2.05, 4.69) is 36.4 Å². The number of fused-ring (bicyclic) bond motifs is 2. The molecular formula is C38H39O8S2-. The van der Waals surface area contributed by atoms with Crippen LogP contribution < -0.4 is 4.18 Å². The molecule has 252 valence electrons. The van der Waals surface area contributed by atoms with Crippen LogP contribution in [0.4, 0.5) is 0 Å². The standard InChI is InChI=1S/C38H40O8S2/c39-36(32-16-31-25-7-1-5-11-29(25)35(32)30-12-6-2-8-26(30)31)45-22-37-17-23-15-24(18-37)20-38(19-23,21-37)48(43,44)46-33-13-14-34(47(40,41)42)28-10-4-3-9-27(28)33/h1-2,5-8,11-14,23-24,31-32,35H,3-4,9-10,15-22H2,(H,40,41,42)/p-1. The van der Waals surface area contributed by atoms with Crippen molar-refractivity contribution in [3.05, 3.63) is 94.0 Å². The van der Waals surface area contributed by atoms with Gasteiger partial charge in [-0.05, 0) is 122 Å². The molecule has 0 amide bonds. The third-order valence-corrected chi connectivity index (χ3v) is 15.6. The van der Waals surface area contributed by atoms with Crippen molar-refractivity contribution in [2.75, 3.05) is 6.61 Å². The Hall–Kier alpha value is -3.21. The predicted molar refractivity (Wildman–Crippen MR) is 176 cm³/mol. The van der Waals surface area contributed by atoms with E-state index in [1.807, 2.05) is 12.1 Å². The lowest BCUT2D eigenvalue weighted by Crippen LogP contribution is -2.61. The van der Waals surface area contributed by atoms with Gasteiger partial charge in [0.25, 0.3) is 0 Å². The van der Waals surface area contributed by atoms with Gasteiger partial charge in [0.05, 0.1) is 17.4 Å². The summed E-state index contributed by atoms with van der Waals surface area (Å²) >= 11 is 0. The Kier molecular flexibility index (Phi) is 6.83. The Morgan fingerprint density at radius 1 is 0.771 bits per heavy atom. The molecule has 0 aromatic heterocycles. The summed E-state index contributed by atoms with van der Waals surface area (Å²) in [6, 6.07) is 19.4. The van der Waals surface area contributed by atoms with Crippen LogP contribution in [0.1, 0.15) is 103 Å². The molecular weight excluding hydrogens is 649 g/mol. The normalized spacial score (nSPS) is 32.6. The zero-order valence-corrected chi connectivity index (χ0v) is 28.4. The highest BCUT2D eigenvalue weighted by Gasteiger charge is 2.64. The Labute approximate surface area is 282 Å². The molecule has 8 aliphatic rings. The fraction of sp³-hybridized carbons (Fsp3) is 0.500. The van der Waals surface area contributed by atoms with Gasteiger partial charge in [0.1, 0.15) is 20.6 Å². The molecule has 3 atom stereocenters. The van der Waals surface area contributed by atoms with Crippen molar-refractivity contribution < 1.29 is 35.1 Å². The number of carbonyl (C=O) groups excluding carboxylic acids is 1. The largest absolute Gasteiger partial charge is 0.744 e. The highest BCUT2D eigenvalue weighted by molar-refractivity contribution is 7.88. The average Bonchev–Trinajstić information content (AvgIpc) is 3.06. The second-order valence-electron chi connectivity index (χ2n) is 15.6. The number of carbonyl (C=O) groups is 1. The minimum atomic E-state index is -4.70. The number of esters is 1. The lowest BCUT2D eigenvalue weighted by atomic mass is 9.49. The van der Waals surface area contributed by atoms with Crippen LogP contribution in [0, 0.1) is 23.2 Å². The van der Waals surface area contributed by atoms with E-state index in [4.69, 9.17) is 8.92 Å².